The van der Waals surface area contributed by atoms with E-state index in [2.05, 4.69) is 15.9 Å². The van der Waals surface area contributed by atoms with Gasteiger partial charge in [-0.3, -0.25) is 0 Å². The lowest BCUT2D eigenvalue weighted by Crippen LogP contribution is -2.11. The standard InChI is InChI=1S/C13H9BrClFO3S/c1-8-2-5-13(10(14)6-8)20(17,18)19-12-4-3-9(16)7-11(12)15/h2-7H,1H3. The topological polar surface area (TPSA) is 43.4 Å². The number of benzene rings is 2. The highest BCUT2D eigenvalue weighted by molar-refractivity contribution is 9.10. The molecule has 0 saturated heterocycles. The molecule has 20 heavy (non-hydrogen) atoms. The van der Waals surface area contributed by atoms with Crippen LogP contribution in [-0.2, 0) is 10.1 Å². The van der Waals surface area contributed by atoms with Gasteiger partial charge in [0.1, 0.15) is 10.7 Å². The van der Waals surface area contributed by atoms with Gasteiger partial charge in [0.25, 0.3) is 0 Å². The molecule has 0 aromatic heterocycles. The Balaban J connectivity index is 2.41. The van der Waals surface area contributed by atoms with E-state index in [-0.39, 0.29) is 15.7 Å². The van der Waals surface area contributed by atoms with E-state index in [1.807, 2.05) is 6.92 Å². The summed E-state index contributed by atoms with van der Waals surface area (Å²) >= 11 is 8.92. The Morgan fingerprint density at radius 3 is 2.50 bits per heavy atom. The molecule has 3 nitrogen and oxygen atoms in total. The quantitative estimate of drug-likeness (QED) is 0.746. The van der Waals surface area contributed by atoms with Gasteiger partial charge >= 0.3 is 10.1 Å². The average Bonchev–Trinajstić information content (AvgIpc) is 2.32. The summed E-state index contributed by atoms with van der Waals surface area (Å²) in [7, 11) is -4.05. The van der Waals surface area contributed by atoms with Gasteiger partial charge in [-0.25, -0.2) is 4.39 Å². The lowest BCUT2D eigenvalue weighted by atomic mass is 10.2. The Kier molecular flexibility index (Phi) is 4.36. The minimum Gasteiger partial charge on any atom is -0.377 e. The van der Waals surface area contributed by atoms with Crippen LogP contribution < -0.4 is 4.18 Å². The number of rotatable bonds is 3. The van der Waals surface area contributed by atoms with Crippen molar-refractivity contribution in [3.63, 3.8) is 0 Å². The maximum Gasteiger partial charge on any atom is 0.340 e. The summed E-state index contributed by atoms with van der Waals surface area (Å²) in [5, 5.41) is -0.114. The third kappa shape index (κ3) is 3.31. The molecule has 0 heterocycles. The fourth-order valence-electron chi connectivity index (χ4n) is 1.51. The molecule has 0 N–H and O–H groups in total. The Morgan fingerprint density at radius 1 is 1.20 bits per heavy atom. The summed E-state index contributed by atoms with van der Waals surface area (Å²) in [6.07, 6.45) is 0. The van der Waals surface area contributed by atoms with Crippen LogP contribution in [0.15, 0.2) is 45.8 Å². The van der Waals surface area contributed by atoms with E-state index in [1.165, 1.54) is 6.07 Å². The normalized spacial score (nSPS) is 11.4. The molecule has 2 rings (SSSR count). The number of halogens is 3. The van der Waals surface area contributed by atoms with Crippen LogP contribution in [0.25, 0.3) is 0 Å². The van der Waals surface area contributed by atoms with Gasteiger partial charge in [-0.05, 0) is 58.7 Å². The van der Waals surface area contributed by atoms with Crippen LogP contribution >= 0.6 is 27.5 Å². The van der Waals surface area contributed by atoms with Crippen molar-refractivity contribution in [1.29, 1.82) is 0 Å². The van der Waals surface area contributed by atoms with Crippen molar-refractivity contribution in [1.82, 2.24) is 0 Å². The zero-order chi connectivity index (χ0) is 14.9. The maximum absolute atomic E-state index is 12.9. The van der Waals surface area contributed by atoms with Crippen LogP contribution in [0.5, 0.6) is 5.75 Å². The van der Waals surface area contributed by atoms with E-state index in [0.29, 0.717) is 4.47 Å². The van der Waals surface area contributed by atoms with E-state index in [0.717, 1.165) is 23.8 Å². The number of aryl methyl sites for hydroxylation is 1. The first kappa shape index (κ1) is 15.3. The monoisotopic (exact) mass is 378 g/mol. The fraction of sp³-hybridized carbons (Fsp3) is 0.0769. The van der Waals surface area contributed by atoms with Crippen LogP contribution in [0.2, 0.25) is 5.02 Å². The van der Waals surface area contributed by atoms with Gasteiger partial charge in [0.05, 0.1) is 5.02 Å². The molecule has 7 heteroatoms. The molecule has 0 fully saturated rings. The van der Waals surface area contributed by atoms with Crippen molar-refractivity contribution in [2.45, 2.75) is 11.8 Å². The summed E-state index contributed by atoms with van der Waals surface area (Å²) in [5.41, 5.74) is 0.899. The molecule has 2 aromatic rings. The Bertz CT molecular complexity index is 762. The van der Waals surface area contributed by atoms with Crippen molar-refractivity contribution >= 4 is 37.6 Å². The van der Waals surface area contributed by atoms with Gasteiger partial charge in [0.2, 0.25) is 0 Å². The first-order valence-electron chi connectivity index (χ1n) is 5.45. The van der Waals surface area contributed by atoms with Gasteiger partial charge in [0.15, 0.2) is 5.75 Å². The summed E-state index contributed by atoms with van der Waals surface area (Å²) < 4.78 is 42.6. The zero-order valence-corrected chi connectivity index (χ0v) is 13.4. The molecule has 0 unspecified atom stereocenters. The second-order valence-electron chi connectivity index (χ2n) is 4.05. The van der Waals surface area contributed by atoms with Crippen LogP contribution in [-0.4, -0.2) is 8.42 Å². The van der Waals surface area contributed by atoms with Crippen molar-refractivity contribution in [3.8, 4) is 5.75 Å². The lowest BCUT2D eigenvalue weighted by Gasteiger charge is -2.10. The highest BCUT2D eigenvalue weighted by Crippen LogP contribution is 2.30. The molecule has 106 valence electrons. The van der Waals surface area contributed by atoms with Crippen LogP contribution in [0.4, 0.5) is 4.39 Å². The van der Waals surface area contributed by atoms with E-state index >= 15 is 0 Å². The molecule has 0 aliphatic rings. The third-order valence-electron chi connectivity index (χ3n) is 2.45. The number of hydrogen-bond donors (Lipinski definition) is 0. The first-order valence-corrected chi connectivity index (χ1v) is 8.03. The molecule has 0 aliphatic heterocycles. The molecular formula is C13H9BrClFO3S. The summed E-state index contributed by atoms with van der Waals surface area (Å²) in [4.78, 5) is -0.0245. The van der Waals surface area contributed by atoms with Gasteiger partial charge in [-0.2, -0.15) is 8.42 Å². The second kappa shape index (κ2) is 5.71. The molecule has 0 bridgehead atoms. The van der Waals surface area contributed by atoms with Crippen molar-refractivity contribution < 1.29 is 17.0 Å². The molecular weight excluding hydrogens is 371 g/mol. The highest BCUT2D eigenvalue weighted by atomic mass is 79.9. The van der Waals surface area contributed by atoms with Crippen molar-refractivity contribution in [2.24, 2.45) is 0 Å². The van der Waals surface area contributed by atoms with Crippen LogP contribution in [0.1, 0.15) is 5.56 Å². The largest absolute Gasteiger partial charge is 0.377 e. The SMILES string of the molecule is Cc1ccc(S(=O)(=O)Oc2ccc(F)cc2Cl)c(Br)c1. The van der Waals surface area contributed by atoms with E-state index in [4.69, 9.17) is 15.8 Å². The molecule has 0 saturated carbocycles. The van der Waals surface area contributed by atoms with Crippen LogP contribution in [0.3, 0.4) is 0 Å². The molecule has 0 amide bonds. The second-order valence-corrected chi connectivity index (χ2v) is 6.82. The Labute approximate surface area is 129 Å². The first-order chi connectivity index (χ1) is 9.29. The third-order valence-corrected chi connectivity index (χ3v) is 4.96. The summed E-state index contributed by atoms with van der Waals surface area (Å²) in [6, 6.07) is 7.94. The Morgan fingerprint density at radius 2 is 1.90 bits per heavy atom. The minimum absolute atomic E-state index is 0.0245. The fourth-order valence-corrected chi connectivity index (χ4v) is 3.86. The van der Waals surface area contributed by atoms with Gasteiger partial charge < -0.3 is 4.18 Å². The molecule has 0 aliphatic carbocycles. The summed E-state index contributed by atoms with van der Waals surface area (Å²) in [6.45, 7) is 1.83. The highest BCUT2D eigenvalue weighted by Gasteiger charge is 2.21. The van der Waals surface area contributed by atoms with E-state index < -0.39 is 15.9 Å². The smallest absolute Gasteiger partial charge is 0.340 e. The van der Waals surface area contributed by atoms with Gasteiger partial charge in [-0.1, -0.05) is 17.7 Å². The average molecular weight is 380 g/mol. The summed E-state index contributed by atoms with van der Waals surface area (Å²) in [5.74, 6) is -0.697. The Hall–Kier alpha value is -1.11. The maximum atomic E-state index is 12.9. The lowest BCUT2D eigenvalue weighted by molar-refractivity contribution is 0.484. The van der Waals surface area contributed by atoms with Crippen molar-refractivity contribution in [3.05, 3.63) is 57.3 Å². The van der Waals surface area contributed by atoms with Gasteiger partial charge in [0, 0.05) is 4.47 Å². The predicted octanol–water partition coefficient (Wildman–Crippen LogP) is 4.32. The molecule has 2 aromatic carbocycles. The predicted molar refractivity (Wildman–Crippen MR) is 78.1 cm³/mol. The van der Waals surface area contributed by atoms with Crippen molar-refractivity contribution in [2.75, 3.05) is 0 Å². The van der Waals surface area contributed by atoms with Crippen LogP contribution in [0, 0.1) is 12.7 Å². The molecule has 0 radical (unpaired) electrons. The van der Waals surface area contributed by atoms with E-state index in [9.17, 15) is 12.8 Å². The van der Waals surface area contributed by atoms with Gasteiger partial charge in [-0.15, -0.1) is 0 Å². The minimum atomic E-state index is -4.05. The molecule has 0 spiro atoms. The van der Waals surface area contributed by atoms with E-state index in [1.54, 1.807) is 12.1 Å². The zero-order valence-electron chi connectivity index (χ0n) is 10.2. The number of hydrogen-bond acceptors (Lipinski definition) is 3. The molecule has 0 atom stereocenters.